The van der Waals surface area contributed by atoms with Crippen molar-refractivity contribution in [2.24, 2.45) is 5.92 Å². The Bertz CT molecular complexity index is 1080. The Morgan fingerprint density at radius 3 is 2.55 bits per heavy atom. The third kappa shape index (κ3) is 7.00. The number of amides is 1. The minimum Gasteiger partial charge on any atom is -0.404 e. The predicted octanol–water partition coefficient (Wildman–Crippen LogP) is 1.76. The number of nitrogens with two attached hydrogens (primary N) is 1. The number of benzene rings is 1. The first-order valence-corrected chi connectivity index (χ1v) is 9.95. The molecule has 0 bridgehead atoms. The quantitative estimate of drug-likeness (QED) is 0.479. The second kappa shape index (κ2) is 10.9. The molecular weight excluding hydrogens is 447 g/mol. The third-order valence-electron chi connectivity index (χ3n) is 4.39. The molecule has 1 heterocycles. The van der Waals surface area contributed by atoms with Crippen LogP contribution in [0.2, 0.25) is 0 Å². The summed E-state index contributed by atoms with van der Waals surface area (Å²) in [5, 5.41) is 2.58. The van der Waals surface area contributed by atoms with Gasteiger partial charge in [0.05, 0.1) is 18.8 Å². The van der Waals surface area contributed by atoms with Gasteiger partial charge in [-0.25, -0.2) is 4.79 Å². The Kier molecular flexibility index (Phi) is 8.51. The van der Waals surface area contributed by atoms with Crippen molar-refractivity contribution in [2.45, 2.75) is 26.8 Å². The monoisotopic (exact) mass is 473 g/mol. The lowest BCUT2D eigenvalue weighted by Gasteiger charge is -2.25. The molecule has 0 aliphatic rings. The highest BCUT2D eigenvalue weighted by Gasteiger charge is 2.32. The number of aromatic amines is 1. The number of H-pyrrole nitrogens is 1. The van der Waals surface area contributed by atoms with Gasteiger partial charge in [0.15, 0.2) is 11.4 Å². The van der Waals surface area contributed by atoms with E-state index in [2.05, 4.69) is 15.0 Å². The summed E-state index contributed by atoms with van der Waals surface area (Å²) in [5.74, 6) is -1.41. The zero-order valence-electron chi connectivity index (χ0n) is 18.4. The normalized spacial score (nSPS) is 11.5. The van der Waals surface area contributed by atoms with Crippen molar-refractivity contribution in [2.75, 3.05) is 42.8 Å². The van der Waals surface area contributed by atoms with Gasteiger partial charge in [0.25, 0.3) is 5.56 Å². The third-order valence-corrected chi connectivity index (χ3v) is 4.39. The van der Waals surface area contributed by atoms with E-state index in [1.165, 1.54) is 25.3 Å². The molecule has 182 valence electrons. The van der Waals surface area contributed by atoms with Gasteiger partial charge in [-0.1, -0.05) is 26.0 Å². The second-order valence-corrected chi connectivity index (χ2v) is 7.43. The number of para-hydroxylation sites is 2. The van der Waals surface area contributed by atoms with E-state index in [0.29, 0.717) is 0 Å². The number of carbonyl (C=O) groups excluding carboxylic acids is 1. The Labute approximate surface area is 187 Å². The van der Waals surface area contributed by atoms with Crippen molar-refractivity contribution >= 4 is 23.1 Å². The van der Waals surface area contributed by atoms with Crippen LogP contribution >= 0.6 is 0 Å². The van der Waals surface area contributed by atoms with Crippen LogP contribution in [-0.2, 0) is 16.1 Å². The minimum absolute atomic E-state index is 0.0127. The molecule has 1 aromatic carbocycles. The molecule has 10 nitrogen and oxygen atoms in total. The maximum Gasteiger partial charge on any atom is 0.573 e. The molecule has 0 spiro atoms. The van der Waals surface area contributed by atoms with Crippen LogP contribution in [0, 0.1) is 5.92 Å². The van der Waals surface area contributed by atoms with Crippen LogP contribution in [0.15, 0.2) is 33.9 Å². The number of methoxy groups -OCH3 is 1. The minimum atomic E-state index is -4.92. The summed E-state index contributed by atoms with van der Waals surface area (Å²) >= 11 is 0. The van der Waals surface area contributed by atoms with E-state index in [9.17, 15) is 27.6 Å². The average molecular weight is 473 g/mol. The van der Waals surface area contributed by atoms with Crippen molar-refractivity contribution < 1.29 is 27.4 Å². The molecule has 0 unspecified atom stereocenters. The van der Waals surface area contributed by atoms with Gasteiger partial charge in [0, 0.05) is 20.2 Å². The van der Waals surface area contributed by atoms with E-state index in [-0.39, 0.29) is 42.8 Å². The fourth-order valence-electron chi connectivity index (χ4n) is 3.02. The molecule has 0 atom stereocenters. The van der Waals surface area contributed by atoms with Crippen molar-refractivity contribution in [3.8, 4) is 5.75 Å². The maximum atomic E-state index is 13.0. The van der Waals surface area contributed by atoms with E-state index in [1.54, 1.807) is 0 Å². The number of halogens is 3. The summed E-state index contributed by atoms with van der Waals surface area (Å²) in [7, 11) is 1.39. The number of nitrogen functional groups attached to an aromatic ring is 1. The van der Waals surface area contributed by atoms with Crippen LogP contribution < -0.4 is 31.9 Å². The van der Waals surface area contributed by atoms with Crippen molar-refractivity contribution in [1.29, 1.82) is 0 Å². The molecule has 13 heteroatoms. The van der Waals surface area contributed by atoms with Crippen LogP contribution in [-0.4, -0.2) is 48.6 Å². The van der Waals surface area contributed by atoms with E-state index >= 15 is 0 Å². The summed E-state index contributed by atoms with van der Waals surface area (Å²) < 4.78 is 48.0. The SMILES string of the molecule is COCCN(C(=O)CNc1ccccc1OC(F)(F)F)c1c(N)n(CC(C)C)c(=O)[nH]c1=O. The number of alkyl halides is 3. The Hall–Kier alpha value is -3.48. The molecule has 4 N–H and O–H groups in total. The summed E-state index contributed by atoms with van der Waals surface area (Å²) in [6.07, 6.45) is -4.92. The molecular formula is C20H26F3N5O5. The fraction of sp³-hybridized carbons (Fsp3) is 0.450. The summed E-state index contributed by atoms with van der Waals surface area (Å²) in [5.41, 5.74) is 4.16. The number of rotatable bonds is 10. The standard InChI is InChI=1S/C20H26F3N5O5/c1-12(2)11-28-17(24)16(18(30)26-19(28)31)27(8-9-32-3)15(29)10-25-13-6-4-5-7-14(13)33-20(21,22)23/h4-7,12,25H,8-11,24H2,1-3H3,(H,26,30,31). The second-order valence-electron chi connectivity index (χ2n) is 7.43. The maximum absolute atomic E-state index is 13.0. The number of anilines is 3. The molecule has 2 rings (SSSR count). The largest absolute Gasteiger partial charge is 0.573 e. The molecule has 33 heavy (non-hydrogen) atoms. The van der Waals surface area contributed by atoms with Gasteiger partial charge in [0.1, 0.15) is 5.82 Å². The van der Waals surface area contributed by atoms with Crippen LogP contribution in [0.5, 0.6) is 5.75 Å². The molecule has 1 aromatic heterocycles. The number of nitrogens with one attached hydrogen (secondary N) is 2. The van der Waals surface area contributed by atoms with Gasteiger partial charge in [-0.05, 0) is 18.1 Å². The van der Waals surface area contributed by atoms with Crippen molar-refractivity contribution in [1.82, 2.24) is 9.55 Å². The van der Waals surface area contributed by atoms with Gasteiger partial charge in [0.2, 0.25) is 5.91 Å². The first-order chi connectivity index (χ1) is 15.4. The van der Waals surface area contributed by atoms with Crippen molar-refractivity contribution in [3.63, 3.8) is 0 Å². The number of hydrogen-bond acceptors (Lipinski definition) is 7. The zero-order valence-corrected chi connectivity index (χ0v) is 18.4. The topological polar surface area (TPSA) is 132 Å². The number of aromatic nitrogens is 2. The van der Waals surface area contributed by atoms with Crippen LogP contribution in [0.1, 0.15) is 13.8 Å². The Morgan fingerprint density at radius 2 is 1.94 bits per heavy atom. The molecule has 0 radical (unpaired) electrons. The molecule has 0 aliphatic carbocycles. The van der Waals surface area contributed by atoms with Gasteiger partial charge in [-0.3, -0.25) is 19.1 Å². The highest BCUT2D eigenvalue weighted by molar-refractivity contribution is 5.98. The van der Waals surface area contributed by atoms with Gasteiger partial charge < -0.3 is 25.4 Å². The lowest BCUT2D eigenvalue weighted by Crippen LogP contribution is -2.44. The van der Waals surface area contributed by atoms with Gasteiger partial charge in [-0.15, -0.1) is 13.2 Å². The van der Waals surface area contributed by atoms with E-state index < -0.39 is 35.8 Å². The molecule has 0 aliphatic heterocycles. The van der Waals surface area contributed by atoms with Gasteiger partial charge >= 0.3 is 12.1 Å². The van der Waals surface area contributed by atoms with Crippen LogP contribution in [0.3, 0.4) is 0 Å². The number of hydrogen-bond donors (Lipinski definition) is 3. The van der Waals surface area contributed by atoms with Crippen molar-refractivity contribution in [3.05, 3.63) is 45.1 Å². The molecule has 0 fully saturated rings. The summed E-state index contributed by atoms with van der Waals surface area (Å²) in [4.78, 5) is 40.9. The zero-order chi connectivity index (χ0) is 24.8. The Morgan fingerprint density at radius 1 is 1.27 bits per heavy atom. The van der Waals surface area contributed by atoms with E-state index in [4.69, 9.17) is 10.5 Å². The number of nitrogens with zero attached hydrogens (tertiary/aromatic N) is 2. The highest BCUT2D eigenvalue weighted by atomic mass is 19.4. The first-order valence-electron chi connectivity index (χ1n) is 9.95. The lowest BCUT2D eigenvalue weighted by molar-refractivity contribution is -0.274. The summed E-state index contributed by atoms with van der Waals surface area (Å²) in [6, 6.07) is 5.20. The highest BCUT2D eigenvalue weighted by Crippen LogP contribution is 2.30. The van der Waals surface area contributed by atoms with Gasteiger partial charge in [-0.2, -0.15) is 0 Å². The molecule has 0 saturated heterocycles. The smallest absolute Gasteiger partial charge is 0.404 e. The molecule has 2 aromatic rings. The average Bonchev–Trinajstić information content (AvgIpc) is 2.71. The van der Waals surface area contributed by atoms with E-state index in [1.807, 2.05) is 13.8 Å². The number of carbonyl (C=O) groups is 1. The van der Waals surface area contributed by atoms with Crippen LogP contribution in [0.4, 0.5) is 30.4 Å². The predicted molar refractivity (Wildman–Crippen MR) is 116 cm³/mol. The first kappa shape index (κ1) is 25.8. The lowest BCUT2D eigenvalue weighted by atomic mass is 10.2. The molecule has 1 amide bonds. The molecule has 0 saturated carbocycles. The fourth-order valence-corrected chi connectivity index (χ4v) is 3.02. The Balaban J connectivity index is 2.37. The van der Waals surface area contributed by atoms with E-state index in [0.717, 1.165) is 15.5 Å². The number of ether oxygens (including phenoxy) is 2. The van der Waals surface area contributed by atoms with Crippen LogP contribution in [0.25, 0.3) is 0 Å². The summed E-state index contributed by atoms with van der Waals surface area (Å²) in [6.45, 7) is 3.32.